The molecule has 1 aromatic heterocycles. The number of amides is 1. The number of hydrogen-bond donors (Lipinski definition) is 1. The van der Waals surface area contributed by atoms with Crippen molar-refractivity contribution in [2.75, 3.05) is 11.9 Å². The lowest BCUT2D eigenvalue weighted by atomic mass is 10.2. The van der Waals surface area contributed by atoms with Crippen molar-refractivity contribution in [2.24, 2.45) is 0 Å². The third-order valence-electron chi connectivity index (χ3n) is 4.75. The second-order valence-electron chi connectivity index (χ2n) is 6.69. The van der Waals surface area contributed by atoms with E-state index in [0.717, 1.165) is 10.9 Å². The summed E-state index contributed by atoms with van der Waals surface area (Å²) >= 11 is 0. The Bertz CT molecular complexity index is 1240. The van der Waals surface area contributed by atoms with Gasteiger partial charge < -0.3 is 14.6 Å². The maximum Gasteiger partial charge on any atom is 0.272 e. The first-order chi connectivity index (χ1) is 14.7. The summed E-state index contributed by atoms with van der Waals surface area (Å²) in [5.41, 5.74) is 2.38. The predicted molar refractivity (Wildman–Crippen MR) is 113 cm³/mol. The maximum atomic E-state index is 14.2. The summed E-state index contributed by atoms with van der Waals surface area (Å²) in [6, 6.07) is 24.6. The lowest BCUT2D eigenvalue weighted by Crippen LogP contribution is -2.17. The van der Waals surface area contributed by atoms with Crippen LogP contribution in [0.4, 0.5) is 10.1 Å². The van der Waals surface area contributed by atoms with Gasteiger partial charge in [0.1, 0.15) is 23.3 Å². The smallest absolute Gasteiger partial charge is 0.272 e. The second-order valence-corrected chi connectivity index (χ2v) is 6.69. The number of aromatic nitrogens is 1. The number of carbonyl (C=O) groups is 1. The molecule has 5 nitrogen and oxygen atoms in total. The van der Waals surface area contributed by atoms with E-state index in [-0.39, 0.29) is 24.9 Å². The summed E-state index contributed by atoms with van der Waals surface area (Å²) in [7, 11) is 0. The molecule has 1 amide bonds. The Morgan fingerprint density at radius 2 is 1.77 bits per heavy atom. The number of nitrogens with zero attached hydrogens (tertiary/aromatic N) is 2. The Hall–Kier alpha value is -4.11. The highest BCUT2D eigenvalue weighted by Gasteiger charge is 2.17. The minimum Gasteiger partial charge on any atom is -0.479 e. The number of para-hydroxylation sites is 1. The molecule has 6 heteroatoms. The van der Waals surface area contributed by atoms with Gasteiger partial charge in [-0.3, -0.25) is 4.79 Å². The zero-order valence-corrected chi connectivity index (χ0v) is 16.0. The van der Waals surface area contributed by atoms with Crippen LogP contribution in [0.15, 0.2) is 78.9 Å². The molecule has 4 aromatic rings. The molecule has 0 aliphatic heterocycles. The van der Waals surface area contributed by atoms with Crippen molar-refractivity contribution < 1.29 is 13.9 Å². The summed E-state index contributed by atoms with van der Waals surface area (Å²) in [5.74, 6) is -0.0638. The van der Waals surface area contributed by atoms with Gasteiger partial charge in [-0.2, -0.15) is 5.26 Å². The van der Waals surface area contributed by atoms with Crippen LogP contribution in [-0.2, 0) is 6.54 Å². The number of carbonyl (C=O) groups excluding carboxylic acids is 1. The molecule has 30 heavy (non-hydrogen) atoms. The number of rotatable bonds is 6. The Morgan fingerprint density at radius 1 is 1.03 bits per heavy atom. The van der Waals surface area contributed by atoms with Crippen molar-refractivity contribution >= 4 is 22.5 Å². The van der Waals surface area contributed by atoms with Gasteiger partial charge in [-0.15, -0.1) is 0 Å². The zero-order valence-electron chi connectivity index (χ0n) is 16.0. The highest BCUT2D eigenvalue weighted by Crippen LogP contribution is 2.24. The Morgan fingerprint density at radius 3 is 2.53 bits per heavy atom. The van der Waals surface area contributed by atoms with Crippen molar-refractivity contribution in [1.82, 2.24) is 4.57 Å². The molecular formula is C24H18FN3O2. The fourth-order valence-corrected chi connectivity index (χ4v) is 3.31. The Labute approximate surface area is 172 Å². The van der Waals surface area contributed by atoms with Crippen molar-refractivity contribution in [3.63, 3.8) is 0 Å². The highest BCUT2D eigenvalue weighted by atomic mass is 19.1. The Balaban J connectivity index is 1.64. The van der Waals surface area contributed by atoms with Crippen molar-refractivity contribution in [1.29, 1.82) is 5.26 Å². The quantitative estimate of drug-likeness (QED) is 0.497. The summed E-state index contributed by atoms with van der Waals surface area (Å²) in [4.78, 5) is 13.0. The van der Waals surface area contributed by atoms with Crippen LogP contribution in [-0.4, -0.2) is 17.1 Å². The molecule has 0 fully saturated rings. The summed E-state index contributed by atoms with van der Waals surface area (Å²) < 4.78 is 21.3. The van der Waals surface area contributed by atoms with E-state index in [0.29, 0.717) is 22.7 Å². The molecule has 0 aliphatic carbocycles. The minimum atomic E-state index is -0.311. The van der Waals surface area contributed by atoms with E-state index < -0.39 is 0 Å². The van der Waals surface area contributed by atoms with E-state index in [2.05, 4.69) is 5.32 Å². The van der Waals surface area contributed by atoms with Crippen LogP contribution < -0.4 is 10.1 Å². The normalized spacial score (nSPS) is 10.5. The molecule has 4 rings (SSSR count). The Kier molecular flexibility index (Phi) is 5.44. The van der Waals surface area contributed by atoms with Gasteiger partial charge in [0.2, 0.25) is 0 Å². The lowest BCUT2D eigenvalue weighted by molar-refractivity contribution is 0.101. The molecule has 1 heterocycles. The average Bonchev–Trinajstić information content (AvgIpc) is 3.13. The SMILES string of the molecule is N#CCOc1ccc(NC(=O)c2cc3ccccc3n2Cc2ccccc2F)cc1. The van der Waals surface area contributed by atoms with Crippen LogP contribution in [0.25, 0.3) is 10.9 Å². The van der Waals surface area contributed by atoms with Gasteiger partial charge in [0.05, 0.1) is 6.54 Å². The van der Waals surface area contributed by atoms with Gasteiger partial charge in [-0.05, 0) is 42.5 Å². The van der Waals surface area contributed by atoms with E-state index in [1.165, 1.54) is 6.07 Å². The van der Waals surface area contributed by atoms with Gasteiger partial charge in [-0.25, -0.2) is 4.39 Å². The number of nitriles is 1. The lowest BCUT2D eigenvalue weighted by Gasteiger charge is -2.12. The summed E-state index contributed by atoms with van der Waals surface area (Å²) in [5, 5.41) is 12.3. The largest absolute Gasteiger partial charge is 0.479 e. The topological polar surface area (TPSA) is 67.0 Å². The van der Waals surface area contributed by atoms with Gasteiger partial charge in [-0.1, -0.05) is 36.4 Å². The van der Waals surface area contributed by atoms with Crippen LogP contribution in [0, 0.1) is 17.1 Å². The number of halogens is 1. The molecule has 0 saturated carbocycles. The van der Waals surface area contributed by atoms with Gasteiger partial charge >= 0.3 is 0 Å². The van der Waals surface area contributed by atoms with Crippen molar-refractivity contribution in [3.05, 3.63) is 95.9 Å². The number of hydrogen-bond acceptors (Lipinski definition) is 3. The van der Waals surface area contributed by atoms with Crippen LogP contribution in [0.5, 0.6) is 5.75 Å². The molecule has 148 valence electrons. The standard InChI is InChI=1S/C24H18FN3O2/c25-21-7-3-1-6-18(21)16-28-22-8-4-2-5-17(22)15-23(28)24(29)27-19-9-11-20(12-10-19)30-14-13-26/h1-12,15H,14,16H2,(H,27,29). The number of benzene rings is 3. The third kappa shape index (κ3) is 4.01. The molecule has 0 bridgehead atoms. The summed E-state index contributed by atoms with van der Waals surface area (Å²) in [6.07, 6.45) is 0. The molecule has 0 aliphatic rings. The molecule has 0 atom stereocenters. The summed E-state index contributed by atoms with van der Waals surface area (Å²) in [6.45, 7) is 0.200. The zero-order chi connectivity index (χ0) is 20.9. The molecule has 0 spiro atoms. The maximum absolute atomic E-state index is 14.2. The van der Waals surface area contributed by atoms with Crippen LogP contribution in [0.1, 0.15) is 16.1 Å². The van der Waals surface area contributed by atoms with E-state index >= 15 is 0 Å². The first-order valence-electron chi connectivity index (χ1n) is 9.38. The average molecular weight is 399 g/mol. The van der Waals surface area contributed by atoms with E-state index in [9.17, 15) is 9.18 Å². The predicted octanol–water partition coefficient (Wildman–Crippen LogP) is 4.98. The number of ether oxygens (including phenoxy) is 1. The monoisotopic (exact) mass is 399 g/mol. The molecule has 3 aromatic carbocycles. The molecule has 0 unspecified atom stereocenters. The fraction of sp³-hybridized carbons (Fsp3) is 0.0833. The molecular weight excluding hydrogens is 381 g/mol. The molecule has 0 radical (unpaired) electrons. The van der Waals surface area contributed by atoms with E-state index in [1.54, 1.807) is 48.5 Å². The number of nitrogens with one attached hydrogen (secondary N) is 1. The molecule has 1 N–H and O–H groups in total. The minimum absolute atomic E-state index is 0.0398. The van der Waals surface area contributed by atoms with Gasteiger partial charge in [0, 0.05) is 22.2 Å². The van der Waals surface area contributed by atoms with Crippen LogP contribution in [0.2, 0.25) is 0 Å². The second kappa shape index (κ2) is 8.50. The van der Waals surface area contributed by atoms with Gasteiger partial charge in [0.15, 0.2) is 6.61 Å². The van der Waals surface area contributed by atoms with Crippen LogP contribution >= 0.6 is 0 Å². The van der Waals surface area contributed by atoms with Crippen molar-refractivity contribution in [3.8, 4) is 11.8 Å². The highest BCUT2D eigenvalue weighted by molar-refractivity contribution is 6.06. The third-order valence-corrected chi connectivity index (χ3v) is 4.75. The first kappa shape index (κ1) is 19.2. The number of anilines is 1. The first-order valence-corrected chi connectivity index (χ1v) is 9.38. The van der Waals surface area contributed by atoms with Gasteiger partial charge in [0.25, 0.3) is 5.91 Å². The molecule has 0 saturated heterocycles. The number of fused-ring (bicyclic) bond motifs is 1. The fourth-order valence-electron chi connectivity index (χ4n) is 3.31. The van der Waals surface area contributed by atoms with Crippen LogP contribution in [0.3, 0.4) is 0 Å². The van der Waals surface area contributed by atoms with E-state index in [4.69, 9.17) is 10.00 Å². The van der Waals surface area contributed by atoms with E-state index in [1.807, 2.05) is 34.9 Å². The van der Waals surface area contributed by atoms with Crippen molar-refractivity contribution in [2.45, 2.75) is 6.54 Å².